The van der Waals surface area contributed by atoms with E-state index in [1.54, 1.807) is 0 Å². The van der Waals surface area contributed by atoms with E-state index in [-0.39, 0.29) is 0 Å². The van der Waals surface area contributed by atoms with Crippen LogP contribution in [0.5, 0.6) is 5.75 Å². The molecule has 1 aromatic rings. The van der Waals surface area contributed by atoms with Gasteiger partial charge in [-0.05, 0) is 43.6 Å². The van der Waals surface area contributed by atoms with Crippen LogP contribution in [0.25, 0.3) is 0 Å². The van der Waals surface area contributed by atoms with Crippen LogP contribution < -0.4 is 15.4 Å². The van der Waals surface area contributed by atoms with E-state index in [1.165, 1.54) is 17.5 Å². The van der Waals surface area contributed by atoms with Crippen LogP contribution in [-0.4, -0.2) is 25.2 Å². The highest BCUT2D eigenvalue weighted by molar-refractivity contribution is 5.40. The Kier molecular flexibility index (Phi) is 5.23. The molecule has 0 fully saturated rings. The zero-order valence-electron chi connectivity index (χ0n) is 12.3. The normalized spacial score (nSPS) is 17.6. The van der Waals surface area contributed by atoms with Crippen LogP contribution in [0.1, 0.15) is 38.3 Å². The summed E-state index contributed by atoms with van der Waals surface area (Å²) in [4.78, 5) is 0. The third-order valence-electron chi connectivity index (χ3n) is 3.37. The molecule has 0 saturated heterocycles. The van der Waals surface area contributed by atoms with Crippen molar-refractivity contribution in [3.8, 4) is 5.75 Å². The van der Waals surface area contributed by atoms with Crippen molar-refractivity contribution in [1.29, 1.82) is 0 Å². The van der Waals surface area contributed by atoms with Crippen LogP contribution in [0.2, 0.25) is 0 Å². The summed E-state index contributed by atoms with van der Waals surface area (Å²) >= 11 is 0. The Morgan fingerprint density at radius 2 is 2.16 bits per heavy atom. The van der Waals surface area contributed by atoms with Crippen molar-refractivity contribution in [3.63, 3.8) is 0 Å². The Hall–Kier alpha value is -1.06. The fourth-order valence-corrected chi connectivity index (χ4v) is 2.42. The first-order valence-corrected chi connectivity index (χ1v) is 7.37. The lowest BCUT2D eigenvalue weighted by atomic mass is 10.1. The molecule has 1 atom stereocenters. The highest BCUT2D eigenvalue weighted by atomic mass is 16.5. The molecule has 1 unspecified atom stereocenters. The molecule has 0 radical (unpaired) electrons. The van der Waals surface area contributed by atoms with Gasteiger partial charge in [0.25, 0.3) is 0 Å². The van der Waals surface area contributed by atoms with Gasteiger partial charge in [0.05, 0.1) is 0 Å². The van der Waals surface area contributed by atoms with Crippen LogP contribution in [0.15, 0.2) is 18.2 Å². The molecule has 106 valence electrons. The Labute approximate surface area is 116 Å². The van der Waals surface area contributed by atoms with E-state index in [0.717, 1.165) is 31.8 Å². The summed E-state index contributed by atoms with van der Waals surface area (Å²) in [6, 6.07) is 7.13. The number of ether oxygens (including phenoxy) is 1. The smallest absolute Gasteiger partial charge is 0.123 e. The third-order valence-corrected chi connectivity index (χ3v) is 3.37. The van der Waals surface area contributed by atoms with Crippen molar-refractivity contribution in [1.82, 2.24) is 10.6 Å². The predicted octanol–water partition coefficient (Wildman–Crippen LogP) is 2.49. The van der Waals surface area contributed by atoms with E-state index in [2.05, 4.69) is 49.6 Å². The molecule has 0 spiro atoms. The van der Waals surface area contributed by atoms with Gasteiger partial charge in [0.1, 0.15) is 11.9 Å². The summed E-state index contributed by atoms with van der Waals surface area (Å²) in [5.41, 5.74) is 2.71. The van der Waals surface area contributed by atoms with E-state index < -0.39 is 0 Å². The van der Waals surface area contributed by atoms with Crippen molar-refractivity contribution >= 4 is 0 Å². The minimum absolute atomic E-state index is 0.334. The highest BCUT2D eigenvalue weighted by Gasteiger charge is 2.18. The van der Waals surface area contributed by atoms with Crippen LogP contribution in [0.3, 0.4) is 0 Å². The summed E-state index contributed by atoms with van der Waals surface area (Å²) in [5, 5.41) is 6.92. The van der Waals surface area contributed by atoms with Crippen LogP contribution in [-0.2, 0) is 13.0 Å². The molecule has 3 nitrogen and oxygen atoms in total. The molecule has 19 heavy (non-hydrogen) atoms. The summed E-state index contributed by atoms with van der Waals surface area (Å²) in [6.45, 7) is 9.58. The number of rotatable bonds is 7. The van der Waals surface area contributed by atoms with Gasteiger partial charge < -0.3 is 15.4 Å². The SMILES string of the molecule is CC(C)NCCCNCc1ccc2c(c1)CC(C)O2. The molecule has 2 rings (SSSR count). The Morgan fingerprint density at radius 3 is 2.95 bits per heavy atom. The number of benzene rings is 1. The van der Waals surface area contributed by atoms with Crippen molar-refractivity contribution in [2.24, 2.45) is 0 Å². The summed E-state index contributed by atoms with van der Waals surface area (Å²) < 4.78 is 5.71. The second kappa shape index (κ2) is 6.92. The van der Waals surface area contributed by atoms with Gasteiger partial charge in [-0.15, -0.1) is 0 Å². The van der Waals surface area contributed by atoms with Crippen molar-refractivity contribution < 1.29 is 4.74 Å². The molecule has 1 aliphatic heterocycles. The van der Waals surface area contributed by atoms with Crippen molar-refractivity contribution in [2.45, 2.75) is 52.3 Å². The maximum absolute atomic E-state index is 5.71. The molecule has 0 aliphatic carbocycles. The van der Waals surface area contributed by atoms with Gasteiger partial charge in [-0.3, -0.25) is 0 Å². The molecule has 0 bridgehead atoms. The first-order chi connectivity index (χ1) is 9.15. The minimum Gasteiger partial charge on any atom is -0.490 e. The van der Waals surface area contributed by atoms with Gasteiger partial charge >= 0.3 is 0 Å². The average Bonchev–Trinajstić information content (AvgIpc) is 2.72. The second-order valence-electron chi connectivity index (χ2n) is 5.71. The molecular weight excluding hydrogens is 236 g/mol. The van der Waals surface area contributed by atoms with Crippen LogP contribution in [0, 0.1) is 0 Å². The van der Waals surface area contributed by atoms with Crippen molar-refractivity contribution in [2.75, 3.05) is 13.1 Å². The topological polar surface area (TPSA) is 33.3 Å². The van der Waals surface area contributed by atoms with Gasteiger partial charge in [-0.1, -0.05) is 26.0 Å². The average molecular weight is 262 g/mol. The van der Waals surface area contributed by atoms with Gasteiger partial charge in [0, 0.05) is 19.0 Å². The monoisotopic (exact) mass is 262 g/mol. The van der Waals surface area contributed by atoms with Gasteiger partial charge in [-0.25, -0.2) is 0 Å². The fraction of sp³-hybridized carbons (Fsp3) is 0.625. The zero-order valence-corrected chi connectivity index (χ0v) is 12.3. The quantitative estimate of drug-likeness (QED) is 0.741. The molecule has 1 aromatic carbocycles. The molecular formula is C16H26N2O. The molecule has 3 heteroatoms. The summed E-state index contributed by atoms with van der Waals surface area (Å²) in [7, 11) is 0. The molecule has 0 saturated carbocycles. The molecule has 2 N–H and O–H groups in total. The Bertz CT molecular complexity index is 404. The molecule has 1 heterocycles. The molecule has 1 aliphatic rings. The molecule has 0 amide bonds. The van der Waals surface area contributed by atoms with E-state index in [0.29, 0.717) is 12.1 Å². The van der Waals surface area contributed by atoms with Crippen LogP contribution >= 0.6 is 0 Å². The third kappa shape index (κ3) is 4.51. The van der Waals surface area contributed by atoms with Gasteiger partial charge in [0.15, 0.2) is 0 Å². The highest BCUT2D eigenvalue weighted by Crippen LogP contribution is 2.29. The number of hydrogen-bond donors (Lipinski definition) is 2. The summed E-state index contributed by atoms with van der Waals surface area (Å²) in [6.07, 6.45) is 2.55. The number of fused-ring (bicyclic) bond motifs is 1. The van der Waals surface area contributed by atoms with E-state index >= 15 is 0 Å². The van der Waals surface area contributed by atoms with Crippen LogP contribution in [0.4, 0.5) is 0 Å². The van der Waals surface area contributed by atoms with Gasteiger partial charge in [0.2, 0.25) is 0 Å². The lowest BCUT2D eigenvalue weighted by Crippen LogP contribution is -2.26. The lowest BCUT2D eigenvalue weighted by Gasteiger charge is -2.09. The largest absolute Gasteiger partial charge is 0.490 e. The Balaban J connectivity index is 1.68. The van der Waals surface area contributed by atoms with E-state index in [9.17, 15) is 0 Å². The maximum atomic E-state index is 5.71. The van der Waals surface area contributed by atoms with Gasteiger partial charge in [-0.2, -0.15) is 0 Å². The lowest BCUT2D eigenvalue weighted by molar-refractivity contribution is 0.254. The van der Waals surface area contributed by atoms with E-state index in [1.807, 2.05) is 0 Å². The maximum Gasteiger partial charge on any atom is 0.123 e. The minimum atomic E-state index is 0.334. The summed E-state index contributed by atoms with van der Waals surface area (Å²) in [5.74, 6) is 1.07. The zero-order chi connectivity index (χ0) is 13.7. The number of hydrogen-bond acceptors (Lipinski definition) is 3. The fourth-order valence-electron chi connectivity index (χ4n) is 2.42. The number of nitrogens with one attached hydrogen (secondary N) is 2. The van der Waals surface area contributed by atoms with Crippen molar-refractivity contribution in [3.05, 3.63) is 29.3 Å². The Morgan fingerprint density at radius 1 is 1.32 bits per heavy atom. The van der Waals surface area contributed by atoms with E-state index in [4.69, 9.17) is 4.74 Å². The first-order valence-electron chi connectivity index (χ1n) is 7.37. The second-order valence-corrected chi connectivity index (χ2v) is 5.71. The molecule has 0 aromatic heterocycles. The predicted molar refractivity (Wildman–Crippen MR) is 79.7 cm³/mol. The standard InChI is InChI=1S/C16H26N2O/c1-12(2)18-8-4-7-17-11-14-5-6-16-15(10-14)9-13(3)19-16/h5-6,10,12-13,17-18H,4,7-9,11H2,1-3H3. The first kappa shape index (κ1) is 14.4.